The SMILES string of the molecule is CCOC(=O)c1oc2ncc(-c3cnn(C)c3)cc2c1N(CC(=O)OC(C)(C)C)C(=O)OCC. The van der Waals surface area contributed by atoms with Crippen molar-refractivity contribution in [3.8, 4) is 11.1 Å². The fourth-order valence-corrected chi connectivity index (χ4v) is 3.24. The molecule has 0 radical (unpaired) electrons. The van der Waals surface area contributed by atoms with Crippen molar-refractivity contribution < 1.29 is 33.0 Å². The number of amides is 1. The number of hydrogen-bond acceptors (Lipinski definition) is 9. The normalized spacial score (nSPS) is 11.4. The molecule has 0 atom stereocenters. The molecule has 0 spiro atoms. The number of rotatable bonds is 7. The number of hydrogen-bond donors (Lipinski definition) is 0. The Kier molecular flexibility index (Phi) is 7.23. The van der Waals surface area contributed by atoms with Crippen molar-refractivity contribution in [3.63, 3.8) is 0 Å². The van der Waals surface area contributed by atoms with Crippen LogP contribution in [0.1, 0.15) is 45.2 Å². The van der Waals surface area contributed by atoms with E-state index in [1.54, 1.807) is 71.0 Å². The highest BCUT2D eigenvalue weighted by Gasteiger charge is 2.33. The van der Waals surface area contributed by atoms with Gasteiger partial charge in [-0.2, -0.15) is 5.10 Å². The fourth-order valence-electron chi connectivity index (χ4n) is 3.24. The predicted octanol–water partition coefficient (Wildman–Crippen LogP) is 3.71. The number of carbonyl (C=O) groups excluding carboxylic acids is 3. The molecule has 11 nitrogen and oxygen atoms in total. The number of pyridine rings is 1. The zero-order valence-corrected chi connectivity index (χ0v) is 20.1. The lowest BCUT2D eigenvalue weighted by Crippen LogP contribution is -2.39. The summed E-state index contributed by atoms with van der Waals surface area (Å²) in [4.78, 5) is 43.7. The van der Waals surface area contributed by atoms with Crippen LogP contribution >= 0.6 is 0 Å². The number of furan rings is 1. The van der Waals surface area contributed by atoms with Gasteiger partial charge in [-0.15, -0.1) is 0 Å². The van der Waals surface area contributed by atoms with Crippen LogP contribution in [0.5, 0.6) is 0 Å². The van der Waals surface area contributed by atoms with Crippen LogP contribution in [0.25, 0.3) is 22.2 Å². The lowest BCUT2D eigenvalue weighted by molar-refractivity contribution is -0.152. The first-order valence-corrected chi connectivity index (χ1v) is 10.8. The largest absolute Gasteiger partial charge is 0.460 e. The quantitative estimate of drug-likeness (QED) is 0.373. The number of carbonyl (C=O) groups is 3. The maximum Gasteiger partial charge on any atom is 0.414 e. The molecule has 0 saturated heterocycles. The number of aromatic nitrogens is 3. The van der Waals surface area contributed by atoms with E-state index in [2.05, 4.69) is 10.1 Å². The molecule has 182 valence electrons. The summed E-state index contributed by atoms with van der Waals surface area (Å²) in [5.41, 5.74) is 0.741. The Morgan fingerprint density at radius 3 is 2.38 bits per heavy atom. The van der Waals surface area contributed by atoms with Crippen molar-refractivity contribution in [2.45, 2.75) is 40.2 Å². The Balaban J connectivity index is 2.19. The van der Waals surface area contributed by atoms with Crippen molar-refractivity contribution in [1.29, 1.82) is 0 Å². The predicted molar refractivity (Wildman–Crippen MR) is 122 cm³/mol. The molecule has 11 heteroatoms. The molecule has 3 aromatic heterocycles. The summed E-state index contributed by atoms with van der Waals surface area (Å²) < 4.78 is 23.0. The van der Waals surface area contributed by atoms with Crippen molar-refractivity contribution in [1.82, 2.24) is 14.8 Å². The summed E-state index contributed by atoms with van der Waals surface area (Å²) in [6, 6.07) is 1.70. The molecule has 3 aromatic rings. The van der Waals surface area contributed by atoms with Crippen molar-refractivity contribution in [3.05, 3.63) is 30.4 Å². The number of esters is 2. The van der Waals surface area contributed by atoms with E-state index in [4.69, 9.17) is 18.6 Å². The van der Waals surface area contributed by atoms with Crippen molar-refractivity contribution in [2.24, 2.45) is 7.05 Å². The van der Waals surface area contributed by atoms with E-state index in [0.29, 0.717) is 10.9 Å². The highest BCUT2D eigenvalue weighted by atomic mass is 16.6. The third-order valence-corrected chi connectivity index (χ3v) is 4.48. The second-order valence-electron chi connectivity index (χ2n) is 8.35. The van der Waals surface area contributed by atoms with Crippen LogP contribution in [0.2, 0.25) is 0 Å². The smallest absolute Gasteiger partial charge is 0.414 e. The van der Waals surface area contributed by atoms with E-state index in [1.807, 2.05) is 0 Å². The highest BCUT2D eigenvalue weighted by Crippen LogP contribution is 2.36. The first-order chi connectivity index (χ1) is 16.0. The van der Waals surface area contributed by atoms with Gasteiger partial charge in [-0.3, -0.25) is 14.4 Å². The maximum absolute atomic E-state index is 12.9. The van der Waals surface area contributed by atoms with Gasteiger partial charge in [0, 0.05) is 30.6 Å². The first-order valence-electron chi connectivity index (χ1n) is 10.8. The molecule has 0 fully saturated rings. The summed E-state index contributed by atoms with van der Waals surface area (Å²) in [7, 11) is 1.78. The van der Waals surface area contributed by atoms with Crippen LogP contribution < -0.4 is 4.90 Å². The monoisotopic (exact) mass is 472 g/mol. The number of ether oxygens (including phenoxy) is 3. The molecular formula is C23H28N4O7. The Hall–Kier alpha value is -3.89. The van der Waals surface area contributed by atoms with E-state index >= 15 is 0 Å². The van der Waals surface area contributed by atoms with Gasteiger partial charge in [0.05, 0.1) is 24.8 Å². The van der Waals surface area contributed by atoms with E-state index < -0.39 is 30.2 Å². The molecule has 0 aliphatic carbocycles. The van der Waals surface area contributed by atoms with Crippen molar-refractivity contribution >= 4 is 34.8 Å². The lowest BCUT2D eigenvalue weighted by Gasteiger charge is -2.24. The van der Waals surface area contributed by atoms with Gasteiger partial charge in [0.15, 0.2) is 0 Å². The first kappa shape index (κ1) is 24.7. The van der Waals surface area contributed by atoms with Crippen LogP contribution in [0.15, 0.2) is 29.1 Å². The van der Waals surface area contributed by atoms with Gasteiger partial charge in [0.1, 0.15) is 17.8 Å². The Labute approximate surface area is 196 Å². The number of anilines is 1. The van der Waals surface area contributed by atoms with E-state index in [1.165, 1.54) is 0 Å². The minimum atomic E-state index is -0.853. The van der Waals surface area contributed by atoms with Gasteiger partial charge >= 0.3 is 18.0 Å². The fraction of sp³-hybridized carbons (Fsp3) is 0.435. The van der Waals surface area contributed by atoms with Gasteiger partial charge in [0.25, 0.3) is 0 Å². The summed E-state index contributed by atoms with van der Waals surface area (Å²) in [6.07, 6.45) is 4.15. The summed E-state index contributed by atoms with van der Waals surface area (Å²) in [6.45, 7) is 8.01. The molecule has 34 heavy (non-hydrogen) atoms. The van der Waals surface area contributed by atoms with Crippen LogP contribution in [0, 0.1) is 0 Å². The summed E-state index contributed by atoms with van der Waals surface area (Å²) >= 11 is 0. The van der Waals surface area contributed by atoms with E-state index in [0.717, 1.165) is 10.5 Å². The zero-order valence-electron chi connectivity index (χ0n) is 20.1. The molecule has 0 N–H and O–H groups in total. The molecule has 0 aliphatic heterocycles. The average Bonchev–Trinajstić information content (AvgIpc) is 3.34. The second kappa shape index (κ2) is 9.94. The molecule has 0 aromatic carbocycles. The minimum Gasteiger partial charge on any atom is -0.460 e. The third kappa shape index (κ3) is 5.53. The van der Waals surface area contributed by atoms with Crippen LogP contribution in [-0.2, 0) is 26.1 Å². The lowest BCUT2D eigenvalue weighted by atomic mass is 10.1. The second-order valence-corrected chi connectivity index (χ2v) is 8.35. The minimum absolute atomic E-state index is 0.0102. The third-order valence-electron chi connectivity index (χ3n) is 4.48. The molecule has 0 unspecified atom stereocenters. The van der Waals surface area contributed by atoms with Crippen LogP contribution in [0.3, 0.4) is 0 Å². The van der Waals surface area contributed by atoms with Gasteiger partial charge in [0.2, 0.25) is 11.5 Å². The Bertz CT molecular complexity index is 1210. The number of nitrogens with zero attached hydrogens (tertiary/aromatic N) is 4. The molecule has 3 rings (SSSR count). The standard InChI is InChI=1S/C23H28N4O7/c1-7-31-21(29)19-18(27(22(30)32-8-2)13-17(28)34-23(3,4)5)16-9-14(10-24-20(16)33-19)15-11-25-26(6)12-15/h9-12H,7-8,13H2,1-6H3. The van der Waals surface area contributed by atoms with Crippen LogP contribution in [0.4, 0.5) is 10.5 Å². The molecule has 0 aliphatic rings. The topological polar surface area (TPSA) is 126 Å². The Morgan fingerprint density at radius 1 is 1.09 bits per heavy atom. The maximum atomic E-state index is 12.9. The molecule has 3 heterocycles. The number of fused-ring (bicyclic) bond motifs is 1. The average molecular weight is 472 g/mol. The van der Waals surface area contributed by atoms with Gasteiger partial charge in [-0.05, 0) is 40.7 Å². The van der Waals surface area contributed by atoms with E-state index in [-0.39, 0.29) is 30.4 Å². The summed E-state index contributed by atoms with van der Waals surface area (Å²) in [5.74, 6) is -1.78. The van der Waals surface area contributed by atoms with Gasteiger partial charge in [-0.25, -0.2) is 14.6 Å². The molecule has 0 saturated carbocycles. The molecule has 0 bridgehead atoms. The van der Waals surface area contributed by atoms with Gasteiger partial charge < -0.3 is 18.6 Å². The van der Waals surface area contributed by atoms with Gasteiger partial charge in [-0.1, -0.05) is 0 Å². The number of aryl methyl sites for hydroxylation is 1. The highest BCUT2D eigenvalue weighted by molar-refractivity contribution is 6.10. The molecular weight excluding hydrogens is 444 g/mol. The van der Waals surface area contributed by atoms with E-state index in [9.17, 15) is 14.4 Å². The Morgan fingerprint density at radius 2 is 1.79 bits per heavy atom. The van der Waals surface area contributed by atoms with Crippen LogP contribution in [-0.4, -0.2) is 58.2 Å². The van der Waals surface area contributed by atoms with Crippen molar-refractivity contribution in [2.75, 3.05) is 24.7 Å². The summed E-state index contributed by atoms with van der Waals surface area (Å²) in [5, 5.41) is 4.48. The zero-order chi connectivity index (χ0) is 25.0. The molecule has 1 amide bonds.